The highest BCUT2D eigenvalue weighted by molar-refractivity contribution is 5.82. The van der Waals surface area contributed by atoms with Crippen molar-refractivity contribution < 1.29 is 0 Å². The van der Waals surface area contributed by atoms with Gasteiger partial charge in [-0.05, 0) is 18.2 Å². The van der Waals surface area contributed by atoms with Gasteiger partial charge in [0.1, 0.15) is 0 Å². The maximum absolute atomic E-state index is 11.1. The van der Waals surface area contributed by atoms with E-state index in [4.69, 9.17) is 0 Å². The summed E-state index contributed by atoms with van der Waals surface area (Å²) in [6.07, 6.45) is 1.73. The third-order valence-corrected chi connectivity index (χ3v) is 2.42. The lowest BCUT2D eigenvalue weighted by Crippen LogP contribution is -2.07. The number of pyridine rings is 1. The monoisotopic (exact) mass is 209 g/mol. The fourth-order valence-electron chi connectivity index (χ4n) is 1.65. The van der Waals surface area contributed by atoms with Crippen molar-refractivity contribution in [3.8, 4) is 11.3 Å². The molecular formula is C12H7N3O. The highest BCUT2D eigenvalue weighted by atomic mass is 16.1. The molecule has 1 aliphatic carbocycles. The van der Waals surface area contributed by atoms with Crippen LogP contribution in [0.1, 0.15) is 0 Å². The summed E-state index contributed by atoms with van der Waals surface area (Å²) in [5.41, 5.74) is 2.02. The van der Waals surface area contributed by atoms with Gasteiger partial charge in [0.05, 0.1) is 11.2 Å². The molecule has 0 aromatic carbocycles. The van der Waals surface area contributed by atoms with Crippen molar-refractivity contribution in [2.45, 2.75) is 0 Å². The third kappa shape index (κ3) is 1.40. The summed E-state index contributed by atoms with van der Waals surface area (Å²) in [6, 6.07) is 10.9. The summed E-state index contributed by atoms with van der Waals surface area (Å²) < 4.78 is 0. The van der Waals surface area contributed by atoms with Crippen LogP contribution in [0, 0.1) is 0 Å². The number of hydrogen-bond donors (Lipinski definition) is 0. The van der Waals surface area contributed by atoms with Crippen LogP contribution in [0.3, 0.4) is 0 Å². The van der Waals surface area contributed by atoms with Gasteiger partial charge in [0, 0.05) is 23.2 Å². The number of aromatic nitrogens is 3. The summed E-state index contributed by atoms with van der Waals surface area (Å²) in [6.45, 7) is 0. The standard InChI is InChI=1S/C12H7N3O/c16-12-7-9-3-4-10-8(2-1-5-13-10)6-11(9)14-15-12/h1-7H. The van der Waals surface area contributed by atoms with Gasteiger partial charge >= 0.3 is 0 Å². The molecule has 76 valence electrons. The Morgan fingerprint density at radius 1 is 1.00 bits per heavy atom. The fraction of sp³-hybridized carbons (Fsp3) is 0. The summed E-state index contributed by atoms with van der Waals surface area (Å²) >= 11 is 0. The van der Waals surface area contributed by atoms with Crippen molar-refractivity contribution in [3.63, 3.8) is 0 Å². The van der Waals surface area contributed by atoms with E-state index < -0.39 is 0 Å². The van der Waals surface area contributed by atoms with Gasteiger partial charge < -0.3 is 0 Å². The molecule has 2 heterocycles. The van der Waals surface area contributed by atoms with E-state index in [-0.39, 0.29) is 5.56 Å². The van der Waals surface area contributed by atoms with E-state index in [9.17, 15) is 4.79 Å². The highest BCUT2D eigenvalue weighted by Gasteiger charge is 2.03. The Balaban J connectivity index is 2.48. The van der Waals surface area contributed by atoms with Crippen molar-refractivity contribution in [3.05, 3.63) is 52.9 Å². The SMILES string of the molecule is O=c1cc2ccc3ncccc3cc-2nn1. The fourth-order valence-corrected chi connectivity index (χ4v) is 1.65. The molecule has 0 unspecified atom stereocenters. The molecule has 0 saturated carbocycles. The summed E-state index contributed by atoms with van der Waals surface area (Å²) in [4.78, 5) is 15.3. The minimum Gasteiger partial charge on any atom is -0.266 e. The van der Waals surface area contributed by atoms with Crippen LogP contribution in [0.15, 0.2) is 47.4 Å². The molecule has 1 aliphatic heterocycles. The normalized spacial score (nSPS) is 10.8. The molecule has 0 fully saturated rings. The molecule has 2 aliphatic rings. The van der Waals surface area contributed by atoms with E-state index in [1.54, 1.807) is 6.20 Å². The zero-order valence-electron chi connectivity index (χ0n) is 8.29. The van der Waals surface area contributed by atoms with Gasteiger partial charge in [-0.2, -0.15) is 0 Å². The van der Waals surface area contributed by atoms with E-state index in [0.29, 0.717) is 5.69 Å². The largest absolute Gasteiger partial charge is 0.288 e. The molecule has 1 aromatic heterocycles. The van der Waals surface area contributed by atoms with Gasteiger partial charge in [0.2, 0.25) is 0 Å². The van der Waals surface area contributed by atoms with Crippen molar-refractivity contribution in [1.29, 1.82) is 0 Å². The van der Waals surface area contributed by atoms with Gasteiger partial charge in [0.15, 0.2) is 0 Å². The van der Waals surface area contributed by atoms with Crippen LogP contribution in [-0.2, 0) is 0 Å². The van der Waals surface area contributed by atoms with Gasteiger partial charge in [0.25, 0.3) is 5.56 Å². The molecular weight excluding hydrogens is 202 g/mol. The number of nitrogens with zero attached hydrogens (tertiary/aromatic N) is 3. The van der Waals surface area contributed by atoms with E-state index in [1.807, 2.05) is 30.3 Å². The Bertz CT molecular complexity index is 696. The Morgan fingerprint density at radius 3 is 2.88 bits per heavy atom. The lowest BCUT2D eigenvalue weighted by Gasteiger charge is -1.94. The second kappa shape index (κ2) is 3.34. The second-order valence-corrected chi connectivity index (χ2v) is 3.48. The van der Waals surface area contributed by atoms with Crippen LogP contribution in [-0.4, -0.2) is 15.2 Å². The quantitative estimate of drug-likeness (QED) is 0.562. The Labute approximate surface area is 90.9 Å². The summed E-state index contributed by atoms with van der Waals surface area (Å²) in [7, 11) is 0. The molecule has 0 spiro atoms. The second-order valence-electron chi connectivity index (χ2n) is 3.48. The lowest BCUT2D eigenvalue weighted by molar-refractivity contribution is 0.995. The van der Waals surface area contributed by atoms with Gasteiger partial charge in [-0.3, -0.25) is 9.78 Å². The number of hydrogen-bond acceptors (Lipinski definition) is 4. The minimum atomic E-state index is -0.323. The molecule has 0 amide bonds. The van der Waals surface area contributed by atoms with Crippen molar-refractivity contribution in [2.75, 3.05) is 0 Å². The predicted octanol–water partition coefficient (Wildman–Crippen LogP) is 1.49. The zero-order chi connectivity index (χ0) is 11.0. The van der Waals surface area contributed by atoms with E-state index in [1.165, 1.54) is 6.07 Å². The zero-order valence-corrected chi connectivity index (χ0v) is 8.29. The lowest BCUT2D eigenvalue weighted by atomic mass is 10.2. The average Bonchev–Trinajstić information content (AvgIpc) is 2.48. The van der Waals surface area contributed by atoms with Crippen LogP contribution < -0.4 is 5.56 Å². The van der Waals surface area contributed by atoms with Crippen molar-refractivity contribution in [1.82, 2.24) is 15.2 Å². The first-order valence-corrected chi connectivity index (χ1v) is 4.85. The minimum absolute atomic E-state index is 0.323. The Hall–Kier alpha value is -2.36. The maximum Gasteiger partial charge on any atom is 0.288 e. The van der Waals surface area contributed by atoms with E-state index in [0.717, 1.165) is 16.5 Å². The first kappa shape index (κ1) is 8.91. The van der Waals surface area contributed by atoms with Crippen LogP contribution in [0.2, 0.25) is 0 Å². The smallest absolute Gasteiger partial charge is 0.266 e. The summed E-state index contributed by atoms with van der Waals surface area (Å²) in [5, 5.41) is 8.37. The average molecular weight is 209 g/mol. The number of fused-ring (bicyclic) bond motifs is 2. The van der Waals surface area contributed by atoms with Gasteiger partial charge in [-0.25, -0.2) is 0 Å². The maximum atomic E-state index is 11.1. The molecule has 0 atom stereocenters. The van der Waals surface area contributed by atoms with Crippen molar-refractivity contribution >= 4 is 10.9 Å². The molecule has 0 radical (unpaired) electrons. The van der Waals surface area contributed by atoms with Crippen LogP contribution >= 0.6 is 0 Å². The van der Waals surface area contributed by atoms with Crippen LogP contribution in [0.25, 0.3) is 22.2 Å². The summed E-state index contributed by atoms with van der Waals surface area (Å²) in [5.74, 6) is 0. The number of rotatable bonds is 0. The first-order chi connectivity index (χ1) is 7.83. The topological polar surface area (TPSA) is 55.7 Å². The Kier molecular flexibility index (Phi) is 1.86. The molecule has 16 heavy (non-hydrogen) atoms. The highest BCUT2D eigenvalue weighted by Crippen LogP contribution is 2.19. The van der Waals surface area contributed by atoms with E-state index in [2.05, 4.69) is 15.2 Å². The molecule has 0 N–H and O–H groups in total. The molecule has 1 aromatic rings. The Morgan fingerprint density at radius 2 is 1.94 bits per heavy atom. The molecule has 0 bridgehead atoms. The van der Waals surface area contributed by atoms with E-state index >= 15 is 0 Å². The molecule has 3 rings (SSSR count). The van der Waals surface area contributed by atoms with Gasteiger partial charge in [-0.15, -0.1) is 10.2 Å². The molecule has 4 nitrogen and oxygen atoms in total. The predicted molar refractivity (Wildman–Crippen MR) is 60.2 cm³/mol. The van der Waals surface area contributed by atoms with Crippen LogP contribution in [0.5, 0.6) is 0 Å². The first-order valence-electron chi connectivity index (χ1n) is 4.85. The van der Waals surface area contributed by atoms with Crippen molar-refractivity contribution in [2.24, 2.45) is 0 Å². The van der Waals surface area contributed by atoms with Gasteiger partial charge in [-0.1, -0.05) is 12.1 Å². The molecule has 4 heteroatoms. The molecule has 0 saturated heterocycles. The third-order valence-electron chi connectivity index (χ3n) is 2.42. The van der Waals surface area contributed by atoms with Crippen LogP contribution in [0.4, 0.5) is 0 Å².